The molecule has 5 rings (SSSR count). The van der Waals surface area contributed by atoms with E-state index in [-0.39, 0.29) is 11.8 Å². The van der Waals surface area contributed by atoms with Gasteiger partial charge in [-0.1, -0.05) is 60.2 Å². The van der Waals surface area contributed by atoms with Gasteiger partial charge in [0.15, 0.2) is 0 Å². The summed E-state index contributed by atoms with van der Waals surface area (Å²) in [5.41, 5.74) is 5.74. The van der Waals surface area contributed by atoms with Crippen molar-refractivity contribution >= 4 is 11.7 Å². The van der Waals surface area contributed by atoms with E-state index in [0.29, 0.717) is 23.9 Å². The first-order valence-electron chi connectivity index (χ1n) is 9.81. The summed E-state index contributed by atoms with van der Waals surface area (Å²) in [6.45, 7) is 4.00. The van der Waals surface area contributed by atoms with E-state index < -0.39 is 0 Å². The van der Waals surface area contributed by atoms with Crippen molar-refractivity contribution in [3.8, 4) is 17.2 Å². The van der Waals surface area contributed by atoms with Gasteiger partial charge < -0.3 is 5.32 Å². The molecule has 1 N–H and O–H groups in total. The summed E-state index contributed by atoms with van der Waals surface area (Å²) < 4.78 is 1.59. The quantitative estimate of drug-likeness (QED) is 0.569. The van der Waals surface area contributed by atoms with Crippen molar-refractivity contribution in [3.63, 3.8) is 0 Å². The molecule has 0 saturated heterocycles. The topological polar surface area (TPSA) is 85.6 Å². The Morgan fingerprint density at radius 1 is 1.03 bits per heavy atom. The highest BCUT2D eigenvalue weighted by Gasteiger charge is 2.33. The van der Waals surface area contributed by atoms with E-state index in [1.54, 1.807) is 10.9 Å². The molecular weight excluding hydrogens is 376 g/mol. The fourth-order valence-corrected chi connectivity index (χ4v) is 3.91. The summed E-state index contributed by atoms with van der Waals surface area (Å²) in [5, 5.41) is 15.9. The van der Waals surface area contributed by atoms with E-state index in [2.05, 4.69) is 56.8 Å². The van der Waals surface area contributed by atoms with Crippen LogP contribution < -0.4 is 5.32 Å². The summed E-state index contributed by atoms with van der Waals surface area (Å²) in [7, 11) is 0. The molecule has 7 nitrogen and oxygen atoms in total. The third kappa shape index (κ3) is 3.14. The predicted molar refractivity (Wildman–Crippen MR) is 113 cm³/mol. The molecule has 0 aliphatic carbocycles. The van der Waals surface area contributed by atoms with Crippen molar-refractivity contribution in [1.82, 2.24) is 25.0 Å². The molecule has 0 fully saturated rings. The molecule has 2 aromatic carbocycles. The second-order valence-corrected chi connectivity index (χ2v) is 7.48. The molecule has 0 bridgehead atoms. The number of hydrogen-bond acceptors (Lipinski definition) is 5. The zero-order chi connectivity index (χ0) is 20.7. The Hall–Kier alpha value is -3.87. The monoisotopic (exact) mass is 396 g/mol. The Balaban J connectivity index is 1.62. The van der Waals surface area contributed by atoms with Gasteiger partial charge in [0.2, 0.25) is 5.91 Å². The third-order valence-corrected chi connectivity index (χ3v) is 5.39. The fourth-order valence-electron chi connectivity index (χ4n) is 3.91. The van der Waals surface area contributed by atoms with Crippen molar-refractivity contribution in [3.05, 3.63) is 83.2 Å². The Kier molecular flexibility index (Phi) is 4.35. The van der Waals surface area contributed by atoms with Gasteiger partial charge in [0.05, 0.1) is 17.6 Å². The van der Waals surface area contributed by atoms with E-state index >= 15 is 0 Å². The zero-order valence-electron chi connectivity index (χ0n) is 16.7. The molecular formula is C23H20N6O. The van der Waals surface area contributed by atoms with E-state index in [1.807, 2.05) is 37.3 Å². The number of fused-ring (bicyclic) bond motifs is 1. The van der Waals surface area contributed by atoms with E-state index in [9.17, 15) is 4.79 Å². The number of anilines is 1. The van der Waals surface area contributed by atoms with Gasteiger partial charge >= 0.3 is 0 Å². The van der Waals surface area contributed by atoms with Crippen LogP contribution >= 0.6 is 0 Å². The summed E-state index contributed by atoms with van der Waals surface area (Å²) in [6.07, 6.45) is 2.00. The normalized spacial score (nSPS) is 15.5. The van der Waals surface area contributed by atoms with Crippen LogP contribution in [0.3, 0.4) is 0 Å². The van der Waals surface area contributed by atoms with Gasteiger partial charge in [-0.25, -0.2) is 4.98 Å². The van der Waals surface area contributed by atoms with Gasteiger partial charge in [0.25, 0.3) is 5.95 Å². The Morgan fingerprint density at radius 3 is 2.57 bits per heavy atom. The van der Waals surface area contributed by atoms with Gasteiger partial charge in [-0.3, -0.25) is 4.79 Å². The lowest BCUT2D eigenvalue weighted by Gasteiger charge is -2.24. The van der Waals surface area contributed by atoms with Crippen molar-refractivity contribution in [2.24, 2.45) is 0 Å². The molecule has 0 spiro atoms. The molecule has 0 unspecified atom stereocenters. The van der Waals surface area contributed by atoms with Crippen LogP contribution in [0.25, 0.3) is 17.2 Å². The minimum atomic E-state index is -0.0617. The first-order valence-corrected chi connectivity index (χ1v) is 9.81. The largest absolute Gasteiger partial charge is 0.310 e. The second-order valence-electron chi connectivity index (χ2n) is 7.48. The molecule has 7 heteroatoms. The van der Waals surface area contributed by atoms with Crippen LogP contribution in [0.4, 0.5) is 5.82 Å². The maximum absolute atomic E-state index is 12.5. The number of aryl methyl sites for hydroxylation is 2. The Morgan fingerprint density at radius 2 is 1.80 bits per heavy atom. The third-order valence-electron chi connectivity index (χ3n) is 5.39. The van der Waals surface area contributed by atoms with Crippen LogP contribution in [0.1, 0.15) is 34.7 Å². The van der Waals surface area contributed by atoms with Crippen molar-refractivity contribution < 1.29 is 4.79 Å². The molecule has 3 heterocycles. The summed E-state index contributed by atoms with van der Waals surface area (Å²) in [6, 6.07) is 18.1. The average molecular weight is 396 g/mol. The highest BCUT2D eigenvalue weighted by molar-refractivity contribution is 5.95. The van der Waals surface area contributed by atoms with Gasteiger partial charge in [-0.05, 0) is 19.4 Å². The minimum Gasteiger partial charge on any atom is -0.310 e. The lowest BCUT2D eigenvalue weighted by atomic mass is 9.85. The molecule has 1 atom stereocenters. The minimum absolute atomic E-state index is 0.0543. The highest BCUT2D eigenvalue weighted by Crippen LogP contribution is 2.39. The number of benzene rings is 2. The number of hydrogen-bond donors (Lipinski definition) is 1. The van der Waals surface area contributed by atoms with Crippen molar-refractivity contribution in [1.29, 1.82) is 0 Å². The van der Waals surface area contributed by atoms with Gasteiger partial charge in [-0.15, -0.1) is 5.10 Å². The Bertz CT molecular complexity index is 1230. The van der Waals surface area contributed by atoms with Gasteiger partial charge in [0.1, 0.15) is 5.82 Å². The number of nitrogens with one attached hydrogen (secondary N) is 1. The molecule has 1 aliphatic rings. The molecule has 1 aliphatic heterocycles. The van der Waals surface area contributed by atoms with E-state index in [4.69, 9.17) is 0 Å². The first kappa shape index (κ1) is 18.2. The van der Waals surface area contributed by atoms with Crippen molar-refractivity contribution in [2.45, 2.75) is 26.2 Å². The molecule has 1 amide bonds. The fraction of sp³-hybridized carbons (Fsp3) is 0.174. The predicted octanol–water partition coefficient (Wildman–Crippen LogP) is 3.82. The van der Waals surface area contributed by atoms with Crippen LogP contribution in [0, 0.1) is 13.8 Å². The van der Waals surface area contributed by atoms with Gasteiger partial charge in [0, 0.05) is 23.5 Å². The molecule has 30 heavy (non-hydrogen) atoms. The number of rotatable bonds is 3. The molecule has 0 radical (unpaired) electrons. The Labute approximate surface area is 173 Å². The van der Waals surface area contributed by atoms with Crippen LogP contribution in [-0.2, 0) is 4.79 Å². The average Bonchev–Trinajstić information content (AvgIpc) is 3.11. The summed E-state index contributed by atoms with van der Waals surface area (Å²) in [4.78, 5) is 17.2. The van der Waals surface area contributed by atoms with Crippen LogP contribution in [-0.4, -0.2) is 30.9 Å². The number of carbonyl (C=O) groups is 1. The summed E-state index contributed by atoms with van der Waals surface area (Å²) >= 11 is 0. The second kappa shape index (κ2) is 7.18. The number of nitrogens with zero attached hydrogens (tertiary/aromatic N) is 5. The smallest absolute Gasteiger partial charge is 0.272 e. The molecule has 148 valence electrons. The maximum Gasteiger partial charge on any atom is 0.272 e. The number of carbonyl (C=O) groups excluding carboxylic acids is 1. The van der Waals surface area contributed by atoms with E-state index in [1.165, 1.54) is 5.56 Å². The molecule has 0 saturated carbocycles. The SMILES string of the molecule is Cc1ccc([C@H]2CC(=O)Nc3c2c(C)nn3-c2nncc(-c3ccccc3)n2)cc1. The van der Waals surface area contributed by atoms with Crippen LogP contribution in [0.5, 0.6) is 0 Å². The molecule has 4 aromatic rings. The van der Waals surface area contributed by atoms with Crippen LogP contribution in [0.15, 0.2) is 60.8 Å². The number of amides is 1. The molecule has 2 aromatic heterocycles. The van der Waals surface area contributed by atoms with E-state index in [0.717, 1.165) is 22.4 Å². The first-order chi connectivity index (χ1) is 14.6. The van der Waals surface area contributed by atoms with Gasteiger partial charge in [-0.2, -0.15) is 14.9 Å². The number of aromatic nitrogens is 5. The van der Waals surface area contributed by atoms with Crippen molar-refractivity contribution in [2.75, 3.05) is 5.32 Å². The summed E-state index contributed by atoms with van der Waals surface area (Å²) in [5.74, 6) is 0.821. The maximum atomic E-state index is 12.5. The van der Waals surface area contributed by atoms with Crippen LogP contribution in [0.2, 0.25) is 0 Å². The highest BCUT2D eigenvalue weighted by atomic mass is 16.1. The lowest BCUT2D eigenvalue weighted by molar-refractivity contribution is -0.116. The standard InChI is InChI=1S/C23H20N6O/c1-14-8-10-16(11-9-14)18-12-20(30)26-22-21(18)15(2)28-29(22)23-25-19(13-24-27-23)17-6-4-3-5-7-17/h3-11,13,18H,12H2,1-2H3,(H,26,30)/t18-/m1/s1. The lowest BCUT2D eigenvalue weighted by Crippen LogP contribution is -2.25. The zero-order valence-corrected chi connectivity index (χ0v) is 16.7.